The van der Waals surface area contributed by atoms with E-state index in [4.69, 9.17) is 19.4 Å². The number of aromatic amines is 2. The predicted molar refractivity (Wildman–Crippen MR) is 298 cm³/mol. The maximum absolute atomic E-state index is 14.5. The van der Waals surface area contributed by atoms with Gasteiger partial charge in [-0.15, -0.1) is 0 Å². The van der Waals surface area contributed by atoms with E-state index in [1.54, 1.807) is 48.5 Å². The number of carbonyl (C=O) groups excluding carboxylic acids is 4. The summed E-state index contributed by atoms with van der Waals surface area (Å²) >= 11 is 0. The van der Waals surface area contributed by atoms with Crippen LogP contribution in [0.1, 0.15) is 122 Å². The summed E-state index contributed by atoms with van der Waals surface area (Å²) in [6, 6.07) is 35.4. The summed E-state index contributed by atoms with van der Waals surface area (Å²) in [6.07, 6.45) is 5.44. The minimum absolute atomic E-state index is 0.154. The van der Waals surface area contributed by atoms with Gasteiger partial charge < -0.3 is 39.9 Å². The van der Waals surface area contributed by atoms with Crippen LogP contribution < -0.4 is 20.1 Å². The highest BCUT2D eigenvalue weighted by Gasteiger charge is 2.47. The normalized spacial score (nSPS) is 20.9. The van der Waals surface area contributed by atoms with E-state index in [1.807, 2.05) is 55.8 Å². The van der Waals surface area contributed by atoms with Gasteiger partial charge in [-0.25, -0.2) is 19.6 Å². The van der Waals surface area contributed by atoms with Crippen LogP contribution in [0, 0.1) is 28.6 Å². The molecule has 11 rings (SSSR count). The molecule has 0 bridgehead atoms. The first-order chi connectivity index (χ1) is 36.9. The monoisotopic (exact) mass is 1030 g/mol. The molecule has 14 heteroatoms. The van der Waals surface area contributed by atoms with Crippen LogP contribution in [0.2, 0.25) is 0 Å². The van der Waals surface area contributed by atoms with E-state index >= 15 is 0 Å². The number of H-pyrrole nitrogens is 2. The van der Waals surface area contributed by atoms with Gasteiger partial charge in [0.15, 0.2) is 0 Å². The van der Waals surface area contributed by atoms with Crippen LogP contribution in [0.4, 0.5) is 9.59 Å². The lowest BCUT2D eigenvalue weighted by molar-refractivity contribution is -0.136. The second-order valence-corrected chi connectivity index (χ2v) is 24.2. The lowest BCUT2D eigenvalue weighted by Gasteiger charge is -2.31. The van der Waals surface area contributed by atoms with Crippen molar-refractivity contribution in [3.63, 3.8) is 0 Å². The van der Waals surface area contributed by atoms with Gasteiger partial charge in [-0.2, -0.15) is 0 Å². The Morgan fingerprint density at radius 2 is 1.16 bits per heavy atom. The first kappa shape index (κ1) is 51.4. The van der Waals surface area contributed by atoms with Crippen molar-refractivity contribution in [1.82, 2.24) is 40.4 Å². The molecule has 4 amide bonds. The molecule has 2 aromatic heterocycles. The third-order valence-corrected chi connectivity index (χ3v) is 16.5. The van der Waals surface area contributed by atoms with Gasteiger partial charge in [0, 0.05) is 13.1 Å². The van der Waals surface area contributed by atoms with Gasteiger partial charge in [0.2, 0.25) is 11.8 Å². The lowest BCUT2D eigenvalue weighted by Crippen LogP contribution is -2.52. The number of likely N-dealkylation sites (tertiary alicyclic amines) is 2. The second kappa shape index (κ2) is 20.3. The average Bonchev–Trinajstić information content (AvgIpc) is 4.28. The number of hydrogen-bond donors (Lipinski definition) is 4. The van der Waals surface area contributed by atoms with E-state index in [2.05, 4.69) is 103 Å². The Kier molecular flexibility index (Phi) is 13.6. The molecule has 7 aromatic rings. The van der Waals surface area contributed by atoms with Gasteiger partial charge in [0.25, 0.3) is 0 Å². The molecule has 0 spiro atoms. The van der Waals surface area contributed by atoms with E-state index < -0.39 is 24.3 Å². The van der Waals surface area contributed by atoms with E-state index in [0.717, 1.165) is 58.8 Å². The molecule has 77 heavy (non-hydrogen) atoms. The van der Waals surface area contributed by atoms with Gasteiger partial charge >= 0.3 is 12.2 Å². The number of carbonyl (C=O) groups is 4. The number of amides is 4. The highest BCUT2D eigenvalue weighted by Crippen LogP contribution is 2.56. The third-order valence-electron chi connectivity index (χ3n) is 16.5. The number of aromatic nitrogens is 4. The standard InChI is InChI=1S/C63H70N8O6/c1-36(2)54(68-60(74)76-42-15-11-9-12-16-42)58(72)70-34-62(5,6)31-51(70)56-64-33-50(67-56)39-21-19-38(20-22-39)45-27-26-44(47-29-40-23-25-46(40)53(45)47)41-24-28-48-49(30-41)66-57(65-48)52-32-63(7,8)35-71(52)59(73)55(37(3)4)69-61(75)77-43-17-13-10-14-18-43/h9-22,24,26-28,30,33,36-37,40,46,51-52,54-55H,23,25,29,31-32,34-35H2,1-8H3,(H,64,67)(H,65,66)(H,68,74)(H,69,75)/t40?,46?,51-,52-,54?,55-/m0/s1. The largest absolute Gasteiger partial charge is 0.413 e. The fraction of sp³-hybridized carbons (Fsp3) is 0.397. The van der Waals surface area contributed by atoms with Crippen LogP contribution >= 0.6 is 0 Å². The van der Waals surface area contributed by atoms with Crippen molar-refractivity contribution in [3.05, 3.63) is 144 Å². The van der Waals surface area contributed by atoms with Crippen molar-refractivity contribution in [2.45, 2.75) is 118 Å². The van der Waals surface area contributed by atoms with Crippen LogP contribution in [0.5, 0.6) is 11.5 Å². The van der Waals surface area contributed by atoms with E-state index in [1.165, 1.54) is 40.7 Å². The zero-order valence-electron chi connectivity index (χ0n) is 45.4. The smallest absolute Gasteiger partial charge is 0.410 e. The van der Waals surface area contributed by atoms with Crippen molar-refractivity contribution >= 4 is 35.0 Å². The highest BCUT2D eigenvalue weighted by atomic mass is 16.6. The molecule has 6 atom stereocenters. The molecule has 4 N–H and O–H groups in total. The van der Waals surface area contributed by atoms with E-state index in [0.29, 0.717) is 36.4 Å². The Balaban J connectivity index is 0.813. The summed E-state index contributed by atoms with van der Waals surface area (Å²) in [4.78, 5) is 75.8. The Hall–Kier alpha value is -7.74. The molecule has 4 aliphatic rings. The van der Waals surface area contributed by atoms with Gasteiger partial charge in [-0.05, 0) is 142 Å². The molecule has 0 radical (unpaired) electrons. The molecule has 398 valence electrons. The molecule has 2 saturated heterocycles. The average molecular weight is 1040 g/mol. The van der Waals surface area contributed by atoms with Gasteiger partial charge in [-0.1, -0.05) is 134 Å². The molecule has 2 aliphatic heterocycles. The second-order valence-electron chi connectivity index (χ2n) is 24.2. The number of benzene rings is 5. The van der Waals surface area contributed by atoms with Crippen LogP contribution in [0.15, 0.2) is 121 Å². The fourth-order valence-corrected chi connectivity index (χ4v) is 12.5. The van der Waals surface area contributed by atoms with E-state index in [9.17, 15) is 19.2 Å². The van der Waals surface area contributed by atoms with Crippen LogP contribution in [0.3, 0.4) is 0 Å². The van der Waals surface area contributed by atoms with Crippen molar-refractivity contribution < 1.29 is 28.7 Å². The maximum Gasteiger partial charge on any atom is 0.413 e. The number of rotatable bonds is 13. The molecule has 5 aromatic carbocycles. The summed E-state index contributed by atoms with van der Waals surface area (Å²) in [5, 5.41) is 5.72. The zero-order valence-corrected chi connectivity index (χ0v) is 45.4. The summed E-state index contributed by atoms with van der Waals surface area (Å²) in [6.45, 7) is 17.5. The third kappa shape index (κ3) is 10.3. The first-order valence-electron chi connectivity index (χ1n) is 27.4. The van der Waals surface area contributed by atoms with Crippen molar-refractivity contribution in [3.8, 4) is 45.0 Å². The van der Waals surface area contributed by atoms with Crippen molar-refractivity contribution in [2.75, 3.05) is 13.1 Å². The van der Waals surface area contributed by atoms with Gasteiger partial charge in [0.05, 0.1) is 35.0 Å². The molecule has 2 aliphatic carbocycles. The van der Waals surface area contributed by atoms with Crippen molar-refractivity contribution in [2.24, 2.45) is 28.6 Å². The quantitative estimate of drug-likeness (QED) is 0.0883. The SMILES string of the molecule is CC(C)C(NC(=O)Oc1ccccc1)C(=O)N1CC(C)(C)C[C@H]1c1ncc(-c2ccc(-c3ccc(-c4ccc5nc([C@@H]6CC(C)(C)CN6C(=O)[C@@H](NC(=O)Oc6ccccc6)C(C)C)[nH]c5c4)c4c3C3CCC3C4)cc2)[nH]1. The number of hydrogen-bond acceptors (Lipinski definition) is 8. The molecule has 4 heterocycles. The first-order valence-corrected chi connectivity index (χ1v) is 27.4. The molecule has 3 fully saturated rings. The van der Waals surface area contributed by atoms with Gasteiger partial charge in [0.1, 0.15) is 35.2 Å². The maximum atomic E-state index is 14.5. The molecule has 1 saturated carbocycles. The topological polar surface area (TPSA) is 175 Å². The minimum atomic E-state index is -0.780. The van der Waals surface area contributed by atoms with Gasteiger partial charge in [-0.3, -0.25) is 9.59 Å². The minimum Gasteiger partial charge on any atom is -0.410 e. The lowest BCUT2D eigenvalue weighted by atomic mass is 9.73. The number of nitrogens with one attached hydrogen (secondary N) is 4. The number of imidazole rings is 2. The number of para-hydroxylation sites is 2. The Bertz CT molecular complexity index is 3340. The number of ether oxygens (including phenoxy) is 2. The Morgan fingerprint density at radius 1 is 0.623 bits per heavy atom. The molecular formula is C63H70N8O6. The fourth-order valence-electron chi connectivity index (χ4n) is 12.5. The number of fused-ring (bicyclic) bond motifs is 4. The summed E-state index contributed by atoms with van der Waals surface area (Å²) in [5.41, 5.74) is 11.0. The Morgan fingerprint density at radius 3 is 1.70 bits per heavy atom. The molecule has 14 nitrogen and oxygen atoms in total. The number of nitrogens with zero attached hydrogens (tertiary/aromatic N) is 4. The zero-order chi connectivity index (χ0) is 53.9. The summed E-state index contributed by atoms with van der Waals surface area (Å²) < 4.78 is 11.0. The molecular weight excluding hydrogens is 965 g/mol. The summed E-state index contributed by atoms with van der Waals surface area (Å²) in [7, 11) is 0. The van der Waals surface area contributed by atoms with Crippen molar-refractivity contribution in [1.29, 1.82) is 0 Å². The van der Waals surface area contributed by atoms with E-state index in [-0.39, 0.29) is 46.6 Å². The molecule has 3 unspecified atom stereocenters. The van der Waals surface area contributed by atoms with Crippen LogP contribution in [-0.2, 0) is 16.0 Å². The van der Waals surface area contributed by atoms with Crippen LogP contribution in [-0.4, -0.2) is 78.9 Å². The Labute approximate surface area is 450 Å². The van der Waals surface area contributed by atoms with Crippen LogP contribution in [0.25, 0.3) is 44.5 Å². The predicted octanol–water partition coefficient (Wildman–Crippen LogP) is 12.6. The summed E-state index contributed by atoms with van der Waals surface area (Å²) in [5.74, 6) is 2.78. The highest BCUT2D eigenvalue weighted by molar-refractivity contribution is 5.89.